The molecule has 1 saturated heterocycles. The Morgan fingerprint density at radius 1 is 1.05 bits per heavy atom. The molecular formula is C14H20N2O3. The molecule has 4 amide bonds. The number of nitrogens with zero attached hydrogens (tertiary/aromatic N) is 1. The number of hydrogen-bond donors (Lipinski definition) is 1. The number of imide groups is 2. The summed E-state index contributed by atoms with van der Waals surface area (Å²) in [6.07, 6.45) is 4.02. The minimum absolute atomic E-state index is 0.0446. The maximum atomic E-state index is 12.5. The van der Waals surface area contributed by atoms with Gasteiger partial charge in [0.2, 0.25) is 11.8 Å². The fourth-order valence-electron chi connectivity index (χ4n) is 3.71. The molecule has 1 spiro atoms. The predicted molar refractivity (Wildman–Crippen MR) is 68.0 cm³/mol. The van der Waals surface area contributed by atoms with Crippen LogP contribution in [-0.2, 0) is 9.59 Å². The van der Waals surface area contributed by atoms with Crippen molar-refractivity contribution in [3.05, 3.63) is 0 Å². The zero-order chi connectivity index (χ0) is 13.8. The molecule has 3 fully saturated rings. The van der Waals surface area contributed by atoms with Crippen LogP contribution in [0.25, 0.3) is 0 Å². The Balaban J connectivity index is 1.85. The van der Waals surface area contributed by atoms with Gasteiger partial charge in [0, 0.05) is 6.04 Å². The summed E-state index contributed by atoms with van der Waals surface area (Å²) in [6.45, 7) is 4.32. The lowest BCUT2D eigenvalue weighted by atomic mass is 9.79. The van der Waals surface area contributed by atoms with Gasteiger partial charge in [-0.25, -0.2) is 4.79 Å². The van der Waals surface area contributed by atoms with Crippen LogP contribution in [-0.4, -0.2) is 28.8 Å². The summed E-state index contributed by atoms with van der Waals surface area (Å²) in [7, 11) is 0. The molecule has 5 heteroatoms. The fourth-order valence-corrected chi connectivity index (χ4v) is 3.71. The van der Waals surface area contributed by atoms with Gasteiger partial charge in [-0.2, -0.15) is 0 Å². The van der Waals surface area contributed by atoms with E-state index >= 15 is 0 Å². The SMILES string of the molecule is CC1CC(C)CC(N2C(=O)NC(=O)C3(CC3)C2=O)C1. The average Bonchev–Trinajstić information content (AvgIpc) is 3.06. The number of nitrogens with one attached hydrogen (secondary N) is 1. The molecule has 2 unspecified atom stereocenters. The van der Waals surface area contributed by atoms with Crippen molar-refractivity contribution in [2.24, 2.45) is 17.3 Å². The Morgan fingerprint density at radius 3 is 2.16 bits per heavy atom. The van der Waals surface area contributed by atoms with E-state index in [4.69, 9.17) is 0 Å². The third-order valence-corrected chi connectivity index (χ3v) is 4.77. The maximum absolute atomic E-state index is 12.5. The van der Waals surface area contributed by atoms with E-state index in [-0.39, 0.29) is 11.9 Å². The van der Waals surface area contributed by atoms with Gasteiger partial charge in [0.15, 0.2) is 0 Å². The lowest BCUT2D eigenvalue weighted by Gasteiger charge is -2.41. The van der Waals surface area contributed by atoms with Crippen molar-refractivity contribution in [1.82, 2.24) is 10.2 Å². The monoisotopic (exact) mass is 264 g/mol. The van der Waals surface area contributed by atoms with Gasteiger partial charge in [0.25, 0.3) is 0 Å². The van der Waals surface area contributed by atoms with Crippen LogP contribution in [0.3, 0.4) is 0 Å². The van der Waals surface area contributed by atoms with Crippen molar-refractivity contribution in [2.45, 2.75) is 52.0 Å². The van der Waals surface area contributed by atoms with Crippen molar-refractivity contribution < 1.29 is 14.4 Å². The number of barbiturate groups is 1. The van der Waals surface area contributed by atoms with Gasteiger partial charge in [-0.3, -0.25) is 19.8 Å². The molecule has 2 saturated carbocycles. The van der Waals surface area contributed by atoms with Crippen molar-refractivity contribution in [2.75, 3.05) is 0 Å². The number of hydrogen-bond acceptors (Lipinski definition) is 3. The first kappa shape index (κ1) is 12.6. The van der Waals surface area contributed by atoms with Crippen LogP contribution < -0.4 is 5.32 Å². The van der Waals surface area contributed by atoms with E-state index in [0.29, 0.717) is 24.7 Å². The molecule has 3 aliphatic rings. The molecule has 3 rings (SSSR count). The number of amides is 4. The molecule has 1 aliphatic heterocycles. The lowest BCUT2D eigenvalue weighted by molar-refractivity contribution is -0.146. The van der Waals surface area contributed by atoms with E-state index < -0.39 is 17.4 Å². The van der Waals surface area contributed by atoms with Crippen LogP contribution in [0, 0.1) is 17.3 Å². The summed E-state index contributed by atoms with van der Waals surface area (Å²) in [6, 6.07) is -0.560. The molecule has 2 atom stereocenters. The normalized spacial score (nSPS) is 37.5. The quantitative estimate of drug-likeness (QED) is 0.733. The highest BCUT2D eigenvalue weighted by atomic mass is 16.2. The number of rotatable bonds is 1. The minimum atomic E-state index is -0.905. The third-order valence-electron chi connectivity index (χ3n) is 4.77. The Labute approximate surface area is 112 Å². The van der Waals surface area contributed by atoms with Gasteiger partial charge in [-0.15, -0.1) is 0 Å². The zero-order valence-corrected chi connectivity index (χ0v) is 11.4. The first-order valence-electron chi connectivity index (χ1n) is 7.13. The van der Waals surface area contributed by atoms with E-state index in [9.17, 15) is 14.4 Å². The second-order valence-corrected chi connectivity index (χ2v) is 6.59. The Morgan fingerprint density at radius 2 is 1.63 bits per heavy atom. The highest BCUT2D eigenvalue weighted by Gasteiger charge is 2.63. The van der Waals surface area contributed by atoms with E-state index in [1.165, 1.54) is 4.90 Å². The van der Waals surface area contributed by atoms with Crippen LogP contribution >= 0.6 is 0 Å². The van der Waals surface area contributed by atoms with Gasteiger partial charge < -0.3 is 0 Å². The van der Waals surface area contributed by atoms with E-state index in [2.05, 4.69) is 19.2 Å². The Bertz CT molecular complexity index is 446. The van der Waals surface area contributed by atoms with Crippen LogP contribution in [0.5, 0.6) is 0 Å². The van der Waals surface area contributed by atoms with Gasteiger partial charge >= 0.3 is 6.03 Å². The molecule has 0 aromatic rings. The standard InChI is InChI=1S/C14H20N2O3/c1-8-5-9(2)7-10(6-8)16-12(18)14(3-4-14)11(17)15-13(16)19/h8-10H,3-7H2,1-2H3,(H,15,17,19). The summed E-state index contributed by atoms with van der Waals surface area (Å²) in [4.78, 5) is 37.6. The fraction of sp³-hybridized carbons (Fsp3) is 0.786. The number of urea groups is 1. The summed E-state index contributed by atoms with van der Waals surface area (Å²) >= 11 is 0. The molecule has 104 valence electrons. The highest BCUT2D eigenvalue weighted by Crippen LogP contribution is 2.50. The first-order valence-corrected chi connectivity index (χ1v) is 7.13. The number of carbonyl (C=O) groups is 3. The molecule has 5 nitrogen and oxygen atoms in total. The molecule has 1 N–H and O–H groups in total. The van der Waals surface area contributed by atoms with Gasteiger partial charge in [0.1, 0.15) is 5.41 Å². The second kappa shape index (κ2) is 4.05. The molecule has 0 aromatic carbocycles. The van der Waals surface area contributed by atoms with Gasteiger partial charge in [-0.1, -0.05) is 13.8 Å². The predicted octanol–water partition coefficient (Wildman–Crippen LogP) is 1.67. The molecule has 0 aromatic heterocycles. The highest BCUT2D eigenvalue weighted by molar-refractivity contribution is 6.21. The largest absolute Gasteiger partial charge is 0.331 e. The zero-order valence-electron chi connectivity index (χ0n) is 11.4. The van der Waals surface area contributed by atoms with E-state index in [0.717, 1.165) is 19.3 Å². The van der Waals surface area contributed by atoms with Crippen molar-refractivity contribution in [3.8, 4) is 0 Å². The van der Waals surface area contributed by atoms with Crippen LogP contribution in [0.2, 0.25) is 0 Å². The summed E-state index contributed by atoms with van der Waals surface area (Å²) in [5.41, 5.74) is -0.905. The topological polar surface area (TPSA) is 66.5 Å². The lowest BCUT2D eigenvalue weighted by Crippen LogP contribution is -2.62. The van der Waals surface area contributed by atoms with Crippen molar-refractivity contribution >= 4 is 17.8 Å². The van der Waals surface area contributed by atoms with Crippen LogP contribution in [0.1, 0.15) is 46.0 Å². The second-order valence-electron chi connectivity index (χ2n) is 6.59. The summed E-state index contributed by atoms with van der Waals surface area (Å²) in [5, 5.41) is 2.37. The number of carbonyl (C=O) groups excluding carboxylic acids is 3. The molecule has 19 heavy (non-hydrogen) atoms. The maximum Gasteiger partial charge on any atom is 0.331 e. The minimum Gasteiger partial charge on any atom is -0.277 e. The van der Waals surface area contributed by atoms with Gasteiger partial charge in [-0.05, 0) is 43.9 Å². The molecule has 2 aliphatic carbocycles. The van der Waals surface area contributed by atoms with E-state index in [1.807, 2.05) is 0 Å². The molecule has 1 heterocycles. The van der Waals surface area contributed by atoms with Crippen molar-refractivity contribution in [1.29, 1.82) is 0 Å². The Kier molecular flexibility index (Phi) is 2.69. The molecule has 0 bridgehead atoms. The first-order chi connectivity index (χ1) is 8.94. The van der Waals surface area contributed by atoms with Crippen LogP contribution in [0.4, 0.5) is 4.79 Å². The summed E-state index contributed by atoms with van der Waals surface area (Å²) < 4.78 is 0. The molecular weight excluding hydrogens is 244 g/mol. The third kappa shape index (κ3) is 1.86. The molecule has 0 radical (unpaired) electrons. The summed E-state index contributed by atoms with van der Waals surface area (Å²) in [5.74, 6) is 0.382. The average molecular weight is 264 g/mol. The smallest absolute Gasteiger partial charge is 0.277 e. The van der Waals surface area contributed by atoms with Gasteiger partial charge in [0.05, 0.1) is 0 Å². The van der Waals surface area contributed by atoms with Crippen molar-refractivity contribution in [3.63, 3.8) is 0 Å². The van der Waals surface area contributed by atoms with E-state index in [1.54, 1.807) is 0 Å². The Hall–Kier alpha value is -1.39. The van der Waals surface area contributed by atoms with Crippen LogP contribution in [0.15, 0.2) is 0 Å².